The van der Waals surface area contributed by atoms with Gasteiger partial charge in [-0.15, -0.1) is 0 Å². The number of benzene rings is 1. The van der Waals surface area contributed by atoms with E-state index < -0.39 is 0 Å². The minimum atomic E-state index is -0.0296. The van der Waals surface area contributed by atoms with Crippen molar-refractivity contribution >= 4 is 5.91 Å². The summed E-state index contributed by atoms with van der Waals surface area (Å²) in [5, 5.41) is 7.83. The molecule has 0 bridgehead atoms. The Bertz CT molecular complexity index is 703. The van der Waals surface area contributed by atoms with E-state index in [9.17, 15) is 4.79 Å². The van der Waals surface area contributed by atoms with Crippen LogP contribution in [-0.2, 0) is 17.6 Å². The first-order valence-corrected chi connectivity index (χ1v) is 9.30. The molecule has 0 radical (unpaired) electrons. The molecular weight excluding hydrogens is 314 g/mol. The van der Waals surface area contributed by atoms with Crippen molar-refractivity contribution in [3.8, 4) is 5.69 Å². The zero-order chi connectivity index (χ0) is 17.6. The number of carbonyl (C=O) groups is 1. The molecule has 134 valence electrons. The third-order valence-corrected chi connectivity index (χ3v) is 4.62. The summed E-state index contributed by atoms with van der Waals surface area (Å²) in [5.74, 6) is -0.0296. The second-order valence-electron chi connectivity index (χ2n) is 6.46. The number of hydrogen-bond donors (Lipinski definition) is 1. The van der Waals surface area contributed by atoms with E-state index in [1.54, 1.807) is 0 Å². The number of para-hydroxylation sites is 1. The van der Waals surface area contributed by atoms with Crippen LogP contribution < -0.4 is 5.32 Å². The number of ether oxygens (including phenoxy) is 1. The van der Waals surface area contributed by atoms with Gasteiger partial charge in [0.2, 0.25) is 0 Å². The summed E-state index contributed by atoms with van der Waals surface area (Å²) in [4.78, 5) is 12.9. The van der Waals surface area contributed by atoms with Crippen molar-refractivity contribution in [1.82, 2.24) is 15.1 Å². The maximum atomic E-state index is 12.9. The highest BCUT2D eigenvalue weighted by atomic mass is 16.5. The summed E-state index contributed by atoms with van der Waals surface area (Å²) >= 11 is 0. The van der Waals surface area contributed by atoms with Gasteiger partial charge in [0, 0.05) is 13.2 Å². The standard InChI is InChI=1S/C20H27N3O2/c1-3-9-17-19(20(24)21-14-16-12-8-13-25-16)18(4-2)23(22-17)15-10-6-5-7-11-15/h5-7,10-11,16H,3-4,8-9,12-14H2,1-2H3,(H,21,24). The van der Waals surface area contributed by atoms with Crippen LogP contribution in [-0.4, -0.2) is 34.9 Å². The molecule has 1 aromatic heterocycles. The fourth-order valence-corrected chi connectivity index (χ4v) is 3.39. The molecule has 2 aromatic rings. The Kier molecular flexibility index (Phi) is 5.87. The second kappa shape index (κ2) is 8.30. The first kappa shape index (κ1) is 17.7. The summed E-state index contributed by atoms with van der Waals surface area (Å²) in [6.45, 7) is 5.56. The number of aromatic nitrogens is 2. The van der Waals surface area contributed by atoms with Gasteiger partial charge in [0.1, 0.15) is 0 Å². The maximum absolute atomic E-state index is 12.9. The first-order valence-electron chi connectivity index (χ1n) is 9.30. The SMILES string of the molecule is CCCc1nn(-c2ccccc2)c(CC)c1C(=O)NCC1CCCO1. The van der Waals surface area contributed by atoms with E-state index in [-0.39, 0.29) is 12.0 Å². The molecule has 1 amide bonds. The van der Waals surface area contributed by atoms with Crippen molar-refractivity contribution in [2.24, 2.45) is 0 Å². The molecule has 5 nitrogen and oxygen atoms in total. The Hall–Kier alpha value is -2.14. The summed E-state index contributed by atoms with van der Waals surface area (Å²) in [7, 11) is 0. The van der Waals surface area contributed by atoms with Crippen molar-refractivity contribution in [2.75, 3.05) is 13.2 Å². The third-order valence-electron chi connectivity index (χ3n) is 4.62. The molecule has 1 aromatic carbocycles. The van der Waals surface area contributed by atoms with Crippen LogP contribution in [0.15, 0.2) is 30.3 Å². The average molecular weight is 341 g/mol. The second-order valence-corrected chi connectivity index (χ2v) is 6.46. The van der Waals surface area contributed by atoms with Gasteiger partial charge in [-0.1, -0.05) is 38.5 Å². The van der Waals surface area contributed by atoms with Crippen LogP contribution in [0.3, 0.4) is 0 Å². The first-order chi connectivity index (χ1) is 12.2. The predicted molar refractivity (Wildman–Crippen MR) is 98.2 cm³/mol. The predicted octanol–water partition coefficient (Wildman–Crippen LogP) is 3.30. The molecule has 1 unspecified atom stereocenters. The smallest absolute Gasteiger partial charge is 0.255 e. The fraction of sp³-hybridized carbons (Fsp3) is 0.500. The summed E-state index contributed by atoms with van der Waals surface area (Å²) in [5.41, 5.74) is 3.59. The Balaban J connectivity index is 1.90. The molecule has 1 aliphatic rings. The van der Waals surface area contributed by atoms with Crippen LogP contribution in [0.5, 0.6) is 0 Å². The zero-order valence-corrected chi connectivity index (χ0v) is 15.1. The molecule has 0 saturated carbocycles. The van der Waals surface area contributed by atoms with Gasteiger partial charge in [-0.25, -0.2) is 4.68 Å². The number of hydrogen-bond acceptors (Lipinski definition) is 3. The van der Waals surface area contributed by atoms with Crippen LogP contribution in [0, 0.1) is 0 Å². The van der Waals surface area contributed by atoms with Crippen molar-refractivity contribution in [2.45, 2.75) is 52.1 Å². The highest BCUT2D eigenvalue weighted by Crippen LogP contribution is 2.21. The van der Waals surface area contributed by atoms with E-state index in [2.05, 4.69) is 19.2 Å². The molecule has 1 aliphatic heterocycles. The number of amides is 1. The van der Waals surface area contributed by atoms with Gasteiger partial charge in [0.05, 0.1) is 28.7 Å². The highest BCUT2D eigenvalue weighted by molar-refractivity contribution is 5.96. The number of nitrogens with one attached hydrogen (secondary N) is 1. The average Bonchev–Trinajstić information content (AvgIpc) is 3.28. The molecule has 1 saturated heterocycles. The number of rotatable bonds is 7. The number of nitrogens with zero attached hydrogens (tertiary/aromatic N) is 2. The fourth-order valence-electron chi connectivity index (χ4n) is 3.39. The quantitative estimate of drug-likeness (QED) is 0.841. The Morgan fingerprint density at radius 3 is 2.76 bits per heavy atom. The molecule has 1 fully saturated rings. The maximum Gasteiger partial charge on any atom is 0.255 e. The van der Waals surface area contributed by atoms with E-state index in [4.69, 9.17) is 9.84 Å². The topological polar surface area (TPSA) is 56.2 Å². The molecule has 0 spiro atoms. The monoisotopic (exact) mass is 341 g/mol. The largest absolute Gasteiger partial charge is 0.376 e. The molecule has 1 N–H and O–H groups in total. The van der Waals surface area contributed by atoms with E-state index in [0.29, 0.717) is 6.54 Å². The van der Waals surface area contributed by atoms with Crippen LogP contribution in [0.4, 0.5) is 0 Å². The van der Waals surface area contributed by atoms with Crippen LogP contribution >= 0.6 is 0 Å². The minimum Gasteiger partial charge on any atom is -0.376 e. The van der Waals surface area contributed by atoms with E-state index in [1.165, 1.54) is 0 Å². The minimum absolute atomic E-state index is 0.0296. The van der Waals surface area contributed by atoms with Gasteiger partial charge in [0.15, 0.2) is 0 Å². The lowest BCUT2D eigenvalue weighted by atomic mass is 10.1. The van der Waals surface area contributed by atoms with Gasteiger partial charge >= 0.3 is 0 Å². The van der Waals surface area contributed by atoms with Crippen molar-refractivity contribution < 1.29 is 9.53 Å². The van der Waals surface area contributed by atoms with E-state index in [1.807, 2.05) is 35.0 Å². The molecule has 5 heteroatoms. The highest BCUT2D eigenvalue weighted by Gasteiger charge is 2.24. The van der Waals surface area contributed by atoms with E-state index >= 15 is 0 Å². The number of carbonyl (C=O) groups excluding carboxylic acids is 1. The molecule has 1 atom stereocenters. The summed E-state index contributed by atoms with van der Waals surface area (Å²) < 4.78 is 7.54. The van der Waals surface area contributed by atoms with Crippen LogP contribution in [0.25, 0.3) is 5.69 Å². The Morgan fingerprint density at radius 1 is 1.32 bits per heavy atom. The summed E-state index contributed by atoms with van der Waals surface area (Å²) in [6, 6.07) is 10.0. The van der Waals surface area contributed by atoms with Crippen LogP contribution in [0.1, 0.15) is 54.9 Å². The van der Waals surface area contributed by atoms with Gasteiger partial charge in [-0.05, 0) is 37.8 Å². The van der Waals surface area contributed by atoms with Gasteiger partial charge < -0.3 is 10.1 Å². The number of aryl methyl sites for hydroxylation is 1. The molecule has 25 heavy (non-hydrogen) atoms. The summed E-state index contributed by atoms with van der Waals surface area (Å²) in [6.07, 6.45) is 4.76. The Labute approximate surface area is 149 Å². The normalized spacial score (nSPS) is 17.0. The van der Waals surface area contributed by atoms with Gasteiger partial charge in [-0.3, -0.25) is 4.79 Å². The molecule has 0 aliphatic carbocycles. The zero-order valence-electron chi connectivity index (χ0n) is 15.1. The van der Waals surface area contributed by atoms with Gasteiger partial charge in [-0.2, -0.15) is 5.10 Å². The van der Waals surface area contributed by atoms with Crippen molar-refractivity contribution in [1.29, 1.82) is 0 Å². The molecule has 2 heterocycles. The Morgan fingerprint density at radius 2 is 2.12 bits per heavy atom. The lowest BCUT2D eigenvalue weighted by Gasteiger charge is -2.12. The van der Waals surface area contributed by atoms with Crippen molar-refractivity contribution in [3.63, 3.8) is 0 Å². The molecule has 3 rings (SSSR count). The lowest BCUT2D eigenvalue weighted by Crippen LogP contribution is -2.32. The van der Waals surface area contributed by atoms with E-state index in [0.717, 1.165) is 61.3 Å². The van der Waals surface area contributed by atoms with Gasteiger partial charge in [0.25, 0.3) is 5.91 Å². The lowest BCUT2D eigenvalue weighted by molar-refractivity contribution is 0.0856. The van der Waals surface area contributed by atoms with Crippen LogP contribution in [0.2, 0.25) is 0 Å². The third kappa shape index (κ3) is 3.93. The molecular formula is C20H27N3O2. The van der Waals surface area contributed by atoms with Crippen molar-refractivity contribution in [3.05, 3.63) is 47.3 Å².